The number of fused-ring (bicyclic) bond motifs is 1. The molecular weight excluding hydrogens is 596 g/mol. The molecule has 4 rings (SSSR count). The van der Waals surface area contributed by atoms with Crippen LogP contribution in [0.5, 0.6) is 5.75 Å². The van der Waals surface area contributed by atoms with Crippen molar-refractivity contribution in [2.24, 2.45) is 7.05 Å². The molecule has 0 radical (unpaired) electrons. The summed E-state index contributed by atoms with van der Waals surface area (Å²) in [6.45, 7) is 9.12. The Kier molecular flexibility index (Phi) is 11.0. The number of ether oxygens (including phenoxy) is 1. The lowest BCUT2D eigenvalue weighted by molar-refractivity contribution is -0.152. The highest BCUT2D eigenvalue weighted by molar-refractivity contribution is 7.89. The Morgan fingerprint density at radius 3 is 2.25 bits per heavy atom. The number of ketones is 1. The van der Waals surface area contributed by atoms with E-state index in [1.807, 2.05) is 34.7 Å². The van der Waals surface area contributed by atoms with Crippen molar-refractivity contribution < 1.29 is 37.8 Å². The molecule has 0 amide bonds. The van der Waals surface area contributed by atoms with E-state index in [9.17, 15) is 27.6 Å². The average molecular weight is 635 g/mol. The van der Waals surface area contributed by atoms with Gasteiger partial charge in [-0.1, -0.05) is 13.3 Å². The van der Waals surface area contributed by atoms with Crippen LogP contribution in [0.3, 0.4) is 0 Å². The Labute approximate surface area is 254 Å². The van der Waals surface area contributed by atoms with E-state index in [0.717, 1.165) is 12.1 Å². The van der Waals surface area contributed by atoms with Gasteiger partial charge in [-0.2, -0.15) is 9.40 Å². The summed E-state index contributed by atoms with van der Waals surface area (Å²) < 4.78 is 36.1. The lowest BCUT2D eigenvalue weighted by Gasteiger charge is -2.41. The minimum absolute atomic E-state index is 0.0960. The number of carbonyl (C=O) groups is 3. The first-order valence-corrected chi connectivity index (χ1v) is 15.5. The van der Waals surface area contributed by atoms with Crippen molar-refractivity contribution >= 4 is 38.8 Å². The van der Waals surface area contributed by atoms with E-state index in [-0.39, 0.29) is 28.4 Å². The molecule has 1 aliphatic rings. The zero-order chi connectivity index (χ0) is 32.9. The number of likely N-dealkylation sites (N-methyl/N-ethyl adjacent to an activating group) is 1. The Morgan fingerprint density at radius 2 is 1.73 bits per heavy atom. The number of nitrogens with zero attached hydrogens (tertiary/aromatic N) is 5. The Balaban J connectivity index is 0.000000512. The minimum atomic E-state index is -3.76. The maximum Gasteiger partial charge on any atom is 0.372 e. The summed E-state index contributed by atoms with van der Waals surface area (Å²) in [5.41, 5.74) is 1.73. The molecule has 240 valence electrons. The van der Waals surface area contributed by atoms with Gasteiger partial charge in [-0.05, 0) is 52.4 Å². The minimum Gasteiger partial charge on any atom is -0.493 e. The fourth-order valence-electron chi connectivity index (χ4n) is 4.83. The number of carboxylic acids is 2. The quantitative estimate of drug-likeness (QED) is 0.214. The number of rotatable bonds is 10. The van der Waals surface area contributed by atoms with Crippen molar-refractivity contribution in [2.45, 2.75) is 63.9 Å². The highest BCUT2D eigenvalue weighted by Gasteiger charge is 2.35. The van der Waals surface area contributed by atoms with Gasteiger partial charge < -0.3 is 19.9 Å². The first-order chi connectivity index (χ1) is 20.6. The van der Waals surface area contributed by atoms with Crippen molar-refractivity contribution in [3.8, 4) is 17.1 Å². The molecule has 44 heavy (non-hydrogen) atoms. The number of benzene rings is 1. The second-order valence-electron chi connectivity index (χ2n) is 10.5. The Bertz CT molecular complexity index is 1700. The van der Waals surface area contributed by atoms with Gasteiger partial charge in [0, 0.05) is 32.2 Å². The number of hydrogen-bond donors (Lipinski definition) is 3. The molecule has 0 unspecified atom stereocenters. The molecule has 3 heterocycles. The summed E-state index contributed by atoms with van der Waals surface area (Å²) in [6.07, 6.45) is 0.588. The SMILES string of the molecule is CCCc1nn(C)c2c(=O)[nH]c(-c3cc(S(=O)(=O)N4C[C@@H](C)N(C)[C@@H](C)C4)ccc3OCC)nc12.O=C(O)CC(=O)C(=O)O. The number of H-pyrrole nitrogens is 1. The number of aliphatic carboxylic acids is 2. The monoisotopic (exact) mass is 634 g/mol. The third kappa shape index (κ3) is 7.49. The first kappa shape index (κ1) is 34.3. The van der Waals surface area contributed by atoms with Gasteiger partial charge >= 0.3 is 11.9 Å². The zero-order valence-electron chi connectivity index (χ0n) is 25.5. The number of aromatic amines is 1. The van der Waals surface area contributed by atoms with Crippen LogP contribution in [0.1, 0.15) is 46.2 Å². The normalized spacial score (nSPS) is 17.6. The van der Waals surface area contributed by atoms with Crippen molar-refractivity contribution in [3.05, 3.63) is 34.2 Å². The molecule has 0 aliphatic carbocycles. The summed E-state index contributed by atoms with van der Waals surface area (Å²) in [4.78, 5) is 52.1. The topological polar surface area (TPSA) is 205 Å². The summed E-state index contributed by atoms with van der Waals surface area (Å²) in [7, 11) is -0.0351. The Morgan fingerprint density at radius 1 is 1.09 bits per heavy atom. The molecule has 1 aliphatic heterocycles. The molecule has 1 aromatic carbocycles. The first-order valence-electron chi connectivity index (χ1n) is 14.0. The van der Waals surface area contributed by atoms with Crippen LogP contribution < -0.4 is 10.3 Å². The molecule has 2 atom stereocenters. The Hall–Kier alpha value is -4.15. The summed E-state index contributed by atoms with van der Waals surface area (Å²) in [6, 6.07) is 4.93. The molecular formula is C28H38N6O9S. The number of sulfonamides is 1. The van der Waals surface area contributed by atoms with Crippen molar-refractivity contribution in [1.29, 1.82) is 0 Å². The lowest BCUT2D eigenvalue weighted by atomic mass is 10.1. The number of carboxylic acid groups (broad SMARTS) is 2. The molecule has 0 saturated carbocycles. The van der Waals surface area contributed by atoms with E-state index in [0.29, 0.717) is 48.5 Å². The van der Waals surface area contributed by atoms with Gasteiger partial charge in [0.1, 0.15) is 23.5 Å². The van der Waals surface area contributed by atoms with E-state index >= 15 is 0 Å². The summed E-state index contributed by atoms with van der Waals surface area (Å²) in [5.74, 6) is -3.73. The number of Topliss-reactive ketones (excluding diaryl/α,β-unsaturated/α-hetero) is 1. The predicted octanol–water partition coefficient (Wildman–Crippen LogP) is 1.50. The second kappa shape index (κ2) is 14.1. The van der Waals surface area contributed by atoms with Crippen LogP contribution in [-0.2, 0) is 37.9 Å². The molecule has 0 spiro atoms. The molecule has 3 N–H and O–H groups in total. The van der Waals surface area contributed by atoms with Gasteiger partial charge in [0.05, 0.1) is 22.8 Å². The molecule has 16 heteroatoms. The fourth-order valence-corrected chi connectivity index (χ4v) is 6.46. The van der Waals surface area contributed by atoms with Crippen LogP contribution in [0, 0.1) is 0 Å². The van der Waals surface area contributed by atoms with Crippen molar-refractivity contribution in [1.82, 2.24) is 29.0 Å². The number of aryl methyl sites for hydroxylation is 2. The van der Waals surface area contributed by atoms with E-state index in [1.165, 1.54) is 8.99 Å². The standard InChI is InChI=1S/C24H34N6O4S.C4H4O5/c1-7-9-19-21-22(29(6)27-19)24(31)26-23(25-21)18-12-17(10-11-20(18)34-8-2)35(32,33)30-13-15(3)28(5)16(4)14-30;5-2(4(8)9)1-3(6)7/h10-12,15-16H,7-9,13-14H2,1-6H3,(H,25,26,31);1H2,(H,6,7)(H,8,9)/t15-,16+;. The van der Waals surface area contributed by atoms with Gasteiger partial charge in [0.15, 0.2) is 5.52 Å². The third-order valence-corrected chi connectivity index (χ3v) is 9.10. The van der Waals surface area contributed by atoms with Crippen molar-refractivity contribution in [3.63, 3.8) is 0 Å². The van der Waals surface area contributed by atoms with Gasteiger partial charge in [0.2, 0.25) is 10.0 Å². The maximum absolute atomic E-state index is 13.6. The van der Waals surface area contributed by atoms with Crippen LogP contribution in [0.15, 0.2) is 27.9 Å². The van der Waals surface area contributed by atoms with Crippen LogP contribution in [-0.4, -0.2) is 104 Å². The van der Waals surface area contributed by atoms with Crippen molar-refractivity contribution in [2.75, 3.05) is 26.7 Å². The maximum atomic E-state index is 13.6. The van der Waals surface area contributed by atoms with Crippen LogP contribution >= 0.6 is 0 Å². The van der Waals surface area contributed by atoms with E-state index in [2.05, 4.69) is 15.0 Å². The van der Waals surface area contributed by atoms with Gasteiger partial charge in [-0.3, -0.25) is 24.0 Å². The number of piperazine rings is 1. The highest BCUT2D eigenvalue weighted by atomic mass is 32.2. The molecule has 0 bridgehead atoms. The number of hydrogen-bond acceptors (Lipinski definition) is 10. The second-order valence-corrected chi connectivity index (χ2v) is 12.4. The smallest absolute Gasteiger partial charge is 0.372 e. The molecule has 1 saturated heterocycles. The summed E-state index contributed by atoms with van der Waals surface area (Å²) >= 11 is 0. The zero-order valence-corrected chi connectivity index (χ0v) is 26.3. The number of nitrogens with one attached hydrogen (secondary N) is 1. The van der Waals surface area contributed by atoms with Gasteiger partial charge in [-0.15, -0.1) is 0 Å². The fraction of sp³-hybridized carbons (Fsp3) is 0.500. The molecule has 1 fully saturated rings. The lowest BCUT2D eigenvalue weighted by Crippen LogP contribution is -2.56. The van der Waals surface area contributed by atoms with Crippen LogP contribution in [0.2, 0.25) is 0 Å². The molecule has 3 aromatic rings. The largest absolute Gasteiger partial charge is 0.493 e. The van der Waals surface area contributed by atoms with Crippen LogP contribution in [0.25, 0.3) is 22.4 Å². The van der Waals surface area contributed by atoms with Gasteiger partial charge in [0.25, 0.3) is 11.3 Å². The number of aromatic nitrogens is 4. The molecule has 15 nitrogen and oxygen atoms in total. The average Bonchev–Trinajstić information content (AvgIpc) is 3.27. The predicted molar refractivity (Wildman–Crippen MR) is 160 cm³/mol. The van der Waals surface area contributed by atoms with Crippen LogP contribution in [0.4, 0.5) is 0 Å². The third-order valence-electron chi connectivity index (χ3n) is 7.27. The highest BCUT2D eigenvalue weighted by Crippen LogP contribution is 2.33. The van der Waals surface area contributed by atoms with E-state index in [4.69, 9.17) is 19.9 Å². The van der Waals surface area contributed by atoms with E-state index in [1.54, 1.807) is 25.2 Å². The molecule has 2 aromatic heterocycles. The van der Waals surface area contributed by atoms with Gasteiger partial charge in [-0.25, -0.2) is 18.2 Å². The van der Waals surface area contributed by atoms with E-state index < -0.39 is 34.2 Å². The summed E-state index contributed by atoms with van der Waals surface area (Å²) in [5, 5.41) is 20.1. The number of carbonyl (C=O) groups excluding carboxylic acids is 1.